The van der Waals surface area contributed by atoms with Crippen LogP contribution in [0.5, 0.6) is 0 Å². The number of rotatable bonds is 12. The Kier molecular flexibility index (Phi) is 76.5. The fraction of sp³-hybridized carbons (Fsp3) is 0.839. The van der Waals surface area contributed by atoms with Crippen molar-refractivity contribution in [2.45, 2.75) is 173 Å². The molecule has 0 aromatic rings. The molecule has 0 aliphatic carbocycles. The monoisotopic (exact) mass is 551 g/mol. The average molecular weight is 552 g/mol. The van der Waals surface area contributed by atoms with E-state index in [1.807, 2.05) is 34.6 Å². The molecule has 0 rings (SSSR count). The maximum Gasteiger partial charge on any atom is 1.00 e. The van der Waals surface area contributed by atoms with Crippen LogP contribution in [0, 0.1) is 0 Å². The molecule has 0 radical (unpaired) electrons. The van der Waals surface area contributed by atoms with Gasteiger partial charge in [0.2, 0.25) is 0 Å². The van der Waals surface area contributed by atoms with E-state index in [4.69, 9.17) is 15.0 Å². The van der Waals surface area contributed by atoms with Crippen LogP contribution >= 0.6 is 0 Å². The van der Waals surface area contributed by atoms with E-state index in [1.165, 1.54) is 25.7 Å². The van der Waals surface area contributed by atoms with Gasteiger partial charge in [0.1, 0.15) is 17.3 Å². The van der Waals surface area contributed by atoms with Gasteiger partial charge in [0.05, 0.1) is 0 Å². The molecule has 7 nitrogen and oxygen atoms in total. The van der Waals surface area contributed by atoms with E-state index in [2.05, 4.69) is 34.6 Å². The minimum absolute atomic E-state index is 0. The van der Waals surface area contributed by atoms with E-state index >= 15 is 0 Å². The summed E-state index contributed by atoms with van der Waals surface area (Å²) in [6.45, 7) is 23.1. The fourth-order valence-electron chi connectivity index (χ4n) is 1.66. The molecule has 232 valence electrons. The Labute approximate surface area is 238 Å². The van der Waals surface area contributed by atoms with Crippen LogP contribution in [0.2, 0.25) is 0 Å². The Morgan fingerprint density at radius 1 is 0.474 bits per heavy atom. The molecule has 2 N–H and O–H groups in total. The zero-order chi connectivity index (χ0) is 31.8. The molecule has 0 saturated carbocycles. The van der Waals surface area contributed by atoms with Crippen molar-refractivity contribution >= 4 is 29.3 Å². The number of carbonyl (C=O) groups excluding carboxylic acids is 3. The highest BCUT2D eigenvalue weighted by molar-refractivity contribution is 5.78. The van der Waals surface area contributed by atoms with E-state index in [0.717, 1.165) is 45.4 Å². The largest absolute Gasteiger partial charge is 1.00 e. The van der Waals surface area contributed by atoms with Crippen LogP contribution in [0.3, 0.4) is 0 Å². The molecule has 0 bridgehead atoms. The number of hydrogen-bond acceptors (Lipinski definition) is 5. The third kappa shape index (κ3) is 128. The highest BCUT2D eigenvalue weighted by Crippen LogP contribution is 2.00. The molecule has 0 unspecified atom stereocenters. The molecule has 0 aliphatic heterocycles. The second-order valence-corrected chi connectivity index (χ2v) is 8.31. The van der Waals surface area contributed by atoms with Gasteiger partial charge in [-0.3, -0.25) is 24.0 Å². The molecule has 0 aliphatic rings. The number of Topliss-reactive ketones (excluding diaryl/α,β-unsaturated/α-hetero) is 3. The van der Waals surface area contributed by atoms with E-state index in [9.17, 15) is 19.2 Å². The smallest absolute Gasteiger partial charge is 0.481 e. The Hall–Kier alpha value is -2.05. The van der Waals surface area contributed by atoms with Crippen molar-refractivity contribution < 1.29 is 35.6 Å². The summed E-state index contributed by atoms with van der Waals surface area (Å²) < 4.78 is 0. The molecule has 38 heavy (non-hydrogen) atoms. The van der Waals surface area contributed by atoms with Crippen LogP contribution in [0.25, 0.3) is 0 Å². The Bertz CT molecular complexity index is 469. The SMILES string of the molecule is CC(=O)O.CCC.CCC.CCC(=O)O.CCCC(=O)CC.CCCC(=O)CC.CCCCCC(=O)CC.[H+]. The topological polar surface area (TPSA) is 126 Å². The second-order valence-electron chi connectivity index (χ2n) is 8.31. The number of hydrogen-bond donors (Lipinski definition) is 2. The molecule has 0 atom stereocenters. The van der Waals surface area contributed by atoms with Crippen molar-refractivity contribution in [3.8, 4) is 0 Å². The van der Waals surface area contributed by atoms with Gasteiger partial charge in [-0.15, -0.1) is 0 Å². The van der Waals surface area contributed by atoms with E-state index in [0.29, 0.717) is 36.6 Å². The maximum absolute atomic E-state index is 10.7. The maximum atomic E-state index is 10.7. The molecular weight excluding hydrogens is 484 g/mol. The lowest BCUT2D eigenvalue weighted by molar-refractivity contribution is -0.137. The van der Waals surface area contributed by atoms with Gasteiger partial charge in [0.25, 0.3) is 5.97 Å². The number of carboxylic acids is 2. The molecule has 0 amide bonds. The summed E-state index contributed by atoms with van der Waals surface area (Å²) in [6, 6.07) is 0. The number of aliphatic carboxylic acids is 2. The van der Waals surface area contributed by atoms with Crippen molar-refractivity contribution in [3.05, 3.63) is 0 Å². The standard InChI is InChI=1S/C8H16O.2C6H12O.C3H6O2.2C3H8.C2H4O2/c1-3-5-6-7-8(9)4-2;2*1-3-5-6(7)4-2;1-2-3(4)5;2*1-3-2;1-2(3)4/h3-7H2,1-2H3;2*3-5H2,1-2H3;2H2,1H3,(H,4,5);2*3H2,1-2H3;1H3,(H,3,4)/p+1. The molecule has 0 saturated heterocycles. The average Bonchev–Trinajstić information content (AvgIpc) is 2.86. The summed E-state index contributed by atoms with van der Waals surface area (Å²) >= 11 is 0. The predicted octanol–water partition coefficient (Wildman–Crippen LogP) is 9.59. The summed E-state index contributed by atoms with van der Waals surface area (Å²) in [6.07, 6.45) is 12.6. The van der Waals surface area contributed by atoms with Gasteiger partial charge in [-0.25, -0.2) is 0 Å². The Balaban J connectivity index is -0.0000000494. The molecule has 0 spiro atoms. The third-order valence-electron chi connectivity index (χ3n) is 3.60. The first-order valence-corrected chi connectivity index (χ1v) is 14.7. The van der Waals surface area contributed by atoms with Gasteiger partial charge in [-0.05, 0) is 19.3 Å². The van der Waals surface area contributed by atoms with Crippen LogP contribution in [-0.4, -0.2) is 39.5 Å². The van der Waals surface area contributed by atoms with Crippen LogP contribution in [-0.2, 0) is 24.0 Å². The van der Waals surface area contributed by atoms with Gasteiger partial charge in [0, 0.05) is 51.9 Å². The van der Waals surface area contributed by atoms with E-state index in [-0.39, 0.29) is 7.85 Å². The number of carbonyl (C=O) groups is 5. The lowest BCUT2D eigenvalue weighted by atomic mass is 10.1. The number of ketones is 3. The summed E-state index contributed by atoms with van der Waals surface area (Å²) in [4.78, 5) is 49.9. The molecule has 0 fully saturated rings. The lowest BCUT2D eigenvalue weighted by Crippen LogP contribution is -1.93. The van der Waals surface area contributed by atoms with Crippen LogP contribution < -0.4 is 0 Å². The summed E-state index contributed by atoms with van der Waals surface area (Å²) in [5, 5.41) is 15.1. The summed E-state index contributed by atoms with van der Waals surface area (Å²) in [5.74, 6) is -0.418. The molecule has 0 heterocycles. The minimum atomic E-state index is -0.833. The number of carboxylic acid groups (broad SMARTS) is 2. The van der Waals surface area contributed by atoms with Crippen molar-refractivity contribution in [2.24, 2.45) is 0 Å². The zero-order valence-electron chi connectivity index (χ0n) is 28.3. The van der Waals surface area contributed by atoms with E-state index in [1.54, 1.807) is 6.92 Å². The molecule has 7 heteroatoms. The van der Waals surface area contributed by atoms with Gasteiger partial charge >= 0.3 is 7.40 Å². The second kappa shape index (κ2) is 55.5. The normalized spacial score (nSPS) is 8.11. The van der Waals surface area contributed by atoms with E-state index < -0.39 is 11.9 Å². The van der Waals surface area contributed by atoms with Crippen molar-refractivity contribution in [3.63, 3.8) is 0 Å². The Morgan fingerprint density at radius 3 is 0.842 bits per heavy atom. The van der Waals surface area contributed by atoms with Gasteiger partial charge < -0.3 is 10.2 Å². The van der Waals surface area contributed by atoms with Crippen molar-refractivity contribution in [1.29, 1.82) is 0 Å². The third-order valence-corrected chi connectivity index (χ3v) is 3.60. The first-order chi connectivity index (χ1) is 17.8. The van der Waals surface area contributed by atoms with Crippen molar-refractivity contribution in [2.75, 3.05) is 0 Å². The van der Waals surface area contributed by atoms with Gasteiger partial charge in [-0.1, -0.05) is 102 Å². The summed E-state index contributed by atoms with van der Waals surface area (Å²) in [5.41, 5.74) is 0. The van der Waals surface area contributed by atoms with Crippen LogP contribution in [0.1, 0.15) is 174 Å². The zero-order valence-corrected chi connectivity index (χ0v) is 27.3. The summed E-state index contributed by atoms with van der Waals surface area (Å²) in [7, 11) is 0. The highest BCUT2D eigenvalue weighted by atomic mass is 16.4. The lowest BCUT2D eigenvalue weighted by Gasteiger charge is -1.93. The molecular formula is C31H67O7+. The van der Waals surface area contributed by atoms with Crippen LogP contribution in [0.15, 0.2) is 0 Å². The van der Waals surface area contributed by atoms with Crippen molar-refractivity contribution in [1.82, 2.24) is 0 Å². The first-order valence-electron chi connectivity index (χ1n) is 14.7. The quantitative estimate of drug-likeness (QED) is 0.231. The molecule has 0 aromatic heterocycles. The van der Waals surface area contributed by atoms with Gasteiger partial charge in [-0.2, -0.15) is 0 Å². The first kappa shape index (κ1) is 52.4. The van der Waals surface area contributed by atoms with Crippen LogP contribution in [0.4, 0.5) is 0 Å². The minimum Gasteiger partial charge on any atom is -0.481 e. The van der Waals surface area contributed by atoms with Gasteiger partial charge in [0.15, 0.2) is 0 Å². The molecule has 0 aromatic carbocycles. The fourth-order valence-corrected chi connectivity index (χ4v) is 1.66. The number of unbranched alkanes of at least 4 members (excludes halogenated alkanes) is 2. The predicted molar refractivity (Wildman–Crippen MR) is 164 cm³/mol. The Morgan fingerprint density at radius 2 is 0.711 bits per heavy atom. The highest BCUT2D eigenvalue weighted by Gasteiger charge is 1.95.